The van der Waals surface area contributed by atoms with Gasteiger partial charge in [-0.3, -0.25) is 9.13 Å². The van der Waals surface area contributed by atoms with E-state index in [9.17, 15) is 0 Å². The van der Waals surface area contributed by atoms with Gasteiger partial charge in [-0.05, 0) is 31.3 Å². The molecule has 9 rings (SSSR count). The number of benzene rings is 6. The molecule has 0 amide bonds. The minimum absolute atomic E-state index is 0.644. The van der Waals surface area contributed by atoms with E-state index in [2.05, 4.69) is 205 Å². The minimum atomic E-state index is 0.644. The summed E-state index contributed by atoms with van der Waals surface area (Å²) in [5.41, 5.74) is 38.4. The molecule has 0 aliphatic heterocycles. The maximum absolute atomic E-state index is 5.87. The molecule has 0 fully saturated rings. The highest BCUT2D eigenvalue weighted by molar-refractivity contribution is 8.00. The zero-order valence-corrected chi connectivity index (χ0v) is 48.0. The van der Waals surface area contributed by atoms with Gasteiger partial charge in [-0.1, -0.05) is 110 Å². The van der Waals surface area contributed by atoms with Gasteiger partial charge in [0.15, 0.2) is 5.82 Å². The summed E-state index contributed by atoms with van der Waals surface area (Å²) in [5.74, 6) is 1.98. The normalized spacial score (nSPS) is 11.8. The summed E-state index contributed by atoms with van der Waals surface area (Å²) in [6.07, 6.45) is 0. The average Bonchev–Trinajstić information content (AvgIpc) is 3.89. The fourth-order valence-electron chi connectivity index (χ4n) is 12.3. The van der Waals surface area contributed by atoms with Gasteiger partial charge in [0, 0.05) is 27.6 Å². The molecule has 0 atom stereocenters. The molecule has 0 bridgehead atoms. The molecule has 0 spiro atoms. The van der Waals surface area contributed by atoms with E-state index in [-0.39, 0.29) is 0 Å². The van der Waals surface area contributed by atoms with Crippen LogP contribution in [0, 0.1) is 0 Å². The molecule has 0 aliphatic carbocycles. The number of fused-ring (bicyclic) bond motifs is 6. The van der Waals surface area contributed by atoms with Crippen molar-refractivity contribution in [2.75, 3.05) is 0 Å². The molecule has 5 nitrogen and oxygen atoms in total. The Hall–Kier alpha value is -4.10. The maximum Gasteiger partial charge on any atom is 0.240 e. The van der Waals surface area contributed by atoms with Crippen LogP contribution in [0.3, 0.4) is 0 Å². The highest BCUT2D eigenvalue weighted by atomic mass is 32.2. The predicted octanol–water partition coefficient (Wildman–Crippen LogP) is -33.7. The van der Waals surface area contributed by atoms with Gasteiger partial charge in [-0.25, -0.2) is 0 Å². The largest absolute Gasteiger partial charge is 0.279 e. The summed E-state index contributed by atoms with van der Waals surface area (Å²) < 4.78 is 4.87. The SMILES string of the molecule is Bc1c(B)c(B)c(Sc2c(B)c(B)c(B)c(-c3nc(-n4c5c(B)c(B)c(B)c(B)c5c5c(B)c(B)c(B)c(B)c54)nc(-n4c5c(B)c(B)c(B)c(B)c5c5c(B)c(B)c(B)c(B)c54)n3)c2B)c(B)c1B. The summed E-state index contributed by atoms with van der Waals surface area (Å²) in [6, 6.07) is 0. The Morgan fingerprint density at radius 3 is 0.757 bits per heavy atom. The van der Waals surface area contributed by atoms with E-state index in [1.165, 1.54) is 190 Å². The van der Waals surface area contributed by atoms with Crippen molar-refractivity contribution < 1.29 is 0 Å². The first-order chi connectivity index (χ1) is 32.7. The van der Waals surface area contributed by atoms with Crippen molar-refractivity contribution in [2.24, 2.45) is 0 Å². The number of rotatable bonds is 5. The minimum Gasteiger partial charge on any atom is -0.279 e. The zero-order chi connectivity index (χ0) is 51.5. The van der Waals surface area contributed by atoms with Gasteiger partial charge < -0.3 is 0 Å². The Bertz CT molecular complexity index is 3580. The van der Waals surface area contributed by atoms with Crippen LogP contribution in [0.5, 0.6) is 0 Å². The third-order valence-corrected chi connectivity index (χ3v) is 20.6. The summed E-state index contributed by atoms with van der Waals surface area (Å²) >= 11 is 1.92. The fourth-order valence-corrected chi connectivity index (χ4v) is 13.7. The van der Waals surface area contributed by atoms with Gasteiger partial charge in [-0.2, -0.15) is 15.0 Å². The Labute approximate surface area is 442 Å². The Morgan fingerprint density at radius 2 is 0.457 bits per heavy atom. The smallest absolute Gasteiger partial charge is 0.240 e. The van der Waals surface area contributed by atoms with E-state index < -0.39 is 0 Å². The standard InChI is InChI=1S/C39H50B25N5S/c40-6-1-2-7(41)13(47)19(53)25(59)32(2)68(31(1)24(58)18(52)12(6)46)38-65-37(5-10(44)16(50)28(62)35(11(5)45)70-36-29(63)22(56)17(51)23(57)30(36)64)66-39(67-38)69-33-3(8(42)14(48)20(54)26(33)60)4-9(43)15(49)21(55)27(61)34(4)69/h40-64H2. The lowest BCUT2D eigenvalue weighted by molar-refractivity contribution is 0.896. The van der Waals surface area contributed by atoms with E-state index in [4.69, 9.17) is 15.0 Å². The molecule has 0 N–H and O–H groups in total. The van der Waals surface area contributed by atoms with Gasteiger partial charge in [0.2, 0.25) is 11.9 Å². The van der Waals surface area contributed by atoms with Gasteiger partial charge >= 0.3 is 0 Å². The monoisotopic (exact) mass is 896 g/mol. The summed E-state index contributed by atoms with van der Waals surface area (Å²) in [4.78, 5) is 20.2. The van der Waals surface area contributed by atoms with Crippen LogP contribution in [0.4, 0.5) is 0 Å². The second-order valence-electron chi connectivity index (χ2n) is 21.6. The third kappa shape index (κ3) is 6.87. The van der Waals surface area contributed by atoms with Crippen LogP contribution in [-0.2, 0) is 0 Å². The van der Waals surface area contributed by atoms with Crippen molar-refractivity contribution in [3.05, 3.63) is 0 Å². The third-order valence-electron chi connectivity index (χ3n) is 18.9. The Balaban J connectivity index is 1.54. The molecule has 0 aliphatic rings. The second-order valence-corrected chi connectivity index (χ2v) is 22.6. The topological polar surface area (TPSA) is 48.5 Å². The van der Waals surface area contributed by atoms with Crippen molar-refractivity contribution in [1.29, 1.82) is 0 Å². The van der Waals surface area contributed by atoms with E-state index in [1.807, 2.05) is 11.8 Å². The quantitative estimate of drug-likeness (QED) is 0.162. The molecule has 70 heavy (non-hydrogen) atoms. The molecular formula is C39H50B25N5S. The molecule has 312 valence electrons. The van der Waals surface area contributed by atoms with Crippen LogP contribution in [-0.4, -0.2) is 220 Å². The van der Waals surface area contributed by atoms with Crippen LogP contribution in [0.25, 0.3) is 66.9 Å². The van der Waals surface area contributed by atoms with Gasteiger partial charge in [0.1, 0.15) is 196 Å². The number of nitrogens with zero attached hydrogens (tertiary/aromatic N) is 5. The van der Waals surface area contributed by atoms with Crippen LogP contribution >= 0.6 is 11.8 Å². The van der Waals surface area contributed by atoms with Gasteiger partial charge in [0.05, 0.1) is 0 Å². The van der Waals surface area contributed by atoms with E-state index >= 15 is 0 Å². The van der Waals surface area contributed by atoms with E-state index in [1.54, 1.807) is 0 Å². The van der Waals surface area contributed by atoms with E-state index in [0.717, 1.165) is 5.56 Å². The summed E-state index contributed by atoms with van der Waals surface area (Å²) in [5, 5.41) is 5.17. The number of aromatic nitrogens is 5. The lowest BCUT2D eigenvalue weighted by Gasteiger charge is -2.25. The zero-order valence-electron chi connectivity index (χ0n) is 47.1. The van der Waals surface area contributed by atoms with Crippen LogP contribution in [0.15, 0.2) is 9.79 Å². The van der Waals surface area contributed by atoms with Gasteiger partial charge in [-0.15, -0.1) is 38.2 Å². The van der Waals surface area contributed by atoms with E-state index in [0.29, 0.717) is 17.7 Å². The first-order valence-corrected chi connectivity index (χ1v) is 26.2. The molecule has 0 saturated carbocycles. The van der Waals surface area contributed by atoms with Crippen molar-refractivity contribution in [2.45, 2.75) is 9.79 Å². The number of hydrogen-bond donors (Lipinski definition) is 0. The first-order valence-electron chi connectivity index (χ1n) is 25.3. The summed E-state index contributed by atoms with van der Waals surface area (Å²) in [6.45, 7) is 0. The lowest BCUT2D eigenvalue weighted by Crippen LogP contribution is -2.55. The molecule has 0 radical (unpaired) electrons. The van der Waals surface area contributed by atoms with Crippen LogP contribution < -0.4 is 137 Å². The molecular weight excluding hydrogens is 841 g/mol. The highest BCUT2D eigenvalue weighted by Crippen LogP contribution is 2.30. The molecule has 0 unspecified atom stereocenters. The predicted molar refractivity (Wildman–Crippen MR) is 389 cm³/mol. The van der Waals surface area contributed by atoms with Crippen molar-refractivity contribution in [1.82, 2.24) is 24.1 Å². The first kappa shape index (κ1) is 50.8. The fraction of sp³-hybridized carbons (Fsp3) is 0. The van der Waals surface area contributed by atoms with Crippen molar-refractivity contribution in [3.63, 3.8) is 0 Å². The summed E-state index contributed by atoms with van der Waals surface area (Å²) in [7, 11) is 57.3. The molecule has 31 heteroatoms. The van der Waals surface area contributed by atoms with Crippen molar-refractivity contribution in [3.8, 4) is 23.3 Å². The Morgan fingerprint density at radius 1 is 0.229 bits per heavy atom. The van der Waals surface area contributed by atoms with Crippen LogP contribution in [0.2, 0.25) is 0 Å². The van der Waals surface area contributed by atoms with Gasteiger partial charge in [0.25, 0.3) is 0 Å². The molecule has 6 aromatic carbocycles. The second kappa shape index (κ2) is 17.5. The molecule has 9 aromatic rings. The average molecular weight is 891 g/mol. The van der Waals surface area contributed by atoms with Crippen molar-refractivity contribution >= 4 is 388 Å². The molecule has 3 heterocycles. The maximum atomic E-state index is 5.87. The highest BCUT2D eigenvalue weighted by Gasteiger charge is 2.30. The number of hydrogen-bond acceptors (Lipinski definition) is 4. The molecule has 0 saturated heterocycles. The molecule has 3 aromatic heterocycles. The van der Waals surface area contributed by atoms with Crippen LogP contribution in [0.1, 0.15) is 0 Å². The lowest BCUT2D eigenvalue weighted by atomic mass is 9.62. The Kier molecular flexibility index (Phi) is 12.7.